The Bertz CT molecular complexity index is 1330. The van der Waals surface area contributed by atoms with Crippen LogP contribution >= 0.6 is 0 Å². The van der Waals surface area contributed by atoms with Crippen molar-refractivity contribution in [1.29, 1.82) is 0 Å². The van der Waals surface area contributed by atoms with E-state index in [0.717, 1.165) is 12.8 Å². The Balaban J connectivity index is 1.57. The van der Waals surface area contributed by atoms with Gasteiger partial charge >= 0.3 is 5.97 Å². The number of likely N-dealkylation sites (N-methyl/N-ethyl adjacent to an activating group) is 1. The van der Waals surface area contributed by atoms with E-state index >= 15 is 0 Å². The van der Waals surface area contributed by atoms with Crippen molar-refractivity contribution in [2.45, 2.75) is 30.9 Å². The number of carbonyl (C=O) groups excluding carboxylic acids is 2. The van der Waals surface area contributed by atoms with E-state index in [1.165, 1.54) is 12.0 Å². The van der Waals surface area contributed by atoms with Crippen LogP contribution in [0.5, 0.6) is 0 Å². The Morgan fingerprint density at radius 3 is 2.85 bits per heavy atom. The van der Waals surface area contributed by atoms with Gasteiger partial charge in [0, 0.05) is 37.8 Å². The molecule has 1 saturated carbocycles. The van der Waals surface area contributed by atoms with Crippen molar-refractivity contribution < 1.29 is 19.4 Å². The van der Waals surface area contributed by atoms with Crippen molar-refractivity contribution in [2.75, 3.05) is 26.0 Å². The standard InChI is InChI=1S/C24H23N5O4/c1-28-13-11-24(32,23(28)31)10-8-15-4-3-5-17(14-15)29-18-9-12-25-21(26-16-6-7-16)19(18)20(27-29)22(30)33-2/h3-5,9,12,14,16,32H,6-7,11,13H2,1-2H3,(H,25,26). The van der Waals surface area contributed by atoms with Crippen LogP contribution < -0.4 is 5.32 Å². The molecule has 1 saturated heterocycles. The van der Waals surface area contributed by atoms with Crippen molar-refractivity contribution in [3.8, 4) is 17.5 Å². The minimum atomic E-state index is -1.67. The highest BCUT2D eigenvalue weighted by molar-refractivity contribution is 6.07. The number of nitrogens with one attached hydrogen (secondary N) is 1. The number of nitrogens with zero attached hydrogens (tertiary/aromatic N) is 4. The molecule has 1 unspecified atom stereocenters. The first-order chi connectivity index (χ1) is 15.9. The number of benzene rings is 1. The Hall–Kier alpha value is -3.90. The number of aromatic nitrogens is 3. The number of amides is 1. The van der Waals surface area contributed by atoms with Crippen molar-refractivity contribution >= 4 is 28.6 Å². The van der Waals surface area contributed by atoms with Crippen LogP contribution in [0.1, 0.15) is 35.3 Å². The van der Waals surface area contributed by atoms with E-state index in [0.29, 0.717) is 40.6 Å². The lowest BCUT2D eigenvalue weighted by Gasteiger charge is -2.13. The maximum Gasteiger partial charge on any atom is 0.359 e. The molecule has 9 nitrogen and oxygen atoms in total. The van der Waals surface area contributed by atoms with Gasteiger partial charge in [-0.25, -0.2) is 14.5 Å². The van der Waals surface area contributed by atoms with Crippen LogP contribution in [0, 0.1) is 11.8 Å². The molecule has 2 aliphatic rings. The predicted molar refractivity (Wildman–Crippen MR) is 121 cm³/mol. The van der Waals surface area contributed by atoms with E-state index in [1.54, 1.807) is 36.1 Å². The molecule has 9 heteroatoms. The second-order valence-electron chi connectivity index (χ2n) is 8.36. The molecule has 2 aromatic heterocycles. The molecule has 0 spiro atoms. The molecule has 3 aromatic rings. The number of pyridine rings is 1. The van der Waals surface area contributed by atoms with Gasteiger partial charge in [0.25, 0.3) is 5.91 Å². The zero-order chi connectivity index (χ0) is 23.2. The quantitative estimate of drug-likeness (QED) is 0.465. The monoisotopic (exact) mass is 445 g/mol. The van der Waals surface area contributed by atoms with Gasteiger partial charge in [0.2, 0.25) is 5.60 Å². The van der Waals surface area contributed by atoms with Crippen LogP contribution in [0.25, 0.3) is 16.6 Å². The zero-order valence-electron chi connectivity index (χ0n) is 18.3. The molecule has 1 aliphatic carbocycles. The molecule has 168 valence electrons. The lowest BCUT2D eigenvalue weighted by atomic mass is 10.0. The topological polar surface area (TPSA) is 110 Å². The van der Waals surface area contributed by atoms with E-state index in [4.69, 9.17) is 4.74 Å². The lowest BCUT2D eigenvalue weighted by Crippen LogP contribution is -2.37. The van der Waals surface area contributed by atoms with Gasteiger partial charge in [-0.1, -0.05) is 17.9 Å². The van der Waals surface area contributed by atoms with Gasteiger partial charge in [0.1, 0.15) is 5.82 Å². The summed E-state index contributed by atoms with van der Waals surface area (Å²) in [7, 11) is 2.96. The summed E-state index contributed by atoms with van der Waals surface area (Å²) >= 11 is 0. The van der Waals surface area contributed by atoms with Gasteiger partial charge in [0.15, 0.2) is 5.69 Å². The number of fused-ring (bicyclic) bond motifs is 1. The number of anilines is 1. The van der Waals surface area contributed by atoms with Gasteiger partial charge in [-0.05, 0) is 37.1 Å². The van der Waals surface area contributed by atoms with Crippen LogP contribution in [0.15, 0.2) is 36.5 Å². The van der Waals surface area contributed by atoms with E-state index in [1.807, 2.05) is 12.1 Å². The van der Waals surface area contributed by atoms with Gasteiger partial charge in [-0.15, -0.1) is 0 Å². The highest BCUT2D eigenvalue weighted by atomic mass is 16.5. The third-order valence-corrected chi connectivity index (χ3v) is 5.90. The van der Waals surface area contributed by atoms with Gasteiger partial charge < -0.3 is 20.1 Å². The van der Waals surface area contributed by atoms with E-state index in [9.17, 15) is 14.7 Å². The third-order valence-electron chi connectivity index (χ3n) is 5.90. The molecule has 1 aliphatic heterocycles. The summed E-state index contributed by atoms with van der Waals surface area (Å²) in [6.45, 7) is 0.463. The number of esters is 1. The van der Waals surface area contributed by atoms with Crippen LogP contribution in [-0.2, 0) is 9.53 Å². The highest BCUT2D eigenvalue weighted by Crippen LogP contribution is 2.32. The van der Waals surface area contributed by atoms with E-state index in [2.05, 4.69) is 27.2 Å². The number of hydrogen-bond acceptors (Lipinski definition) is 7. The minimum Gasteiger partial charge on any atom is -0.464 e. The first kappa shape index (κ1) is 21.0. The van der Waals surface area contributed by atoms with Crippen molar-refractivity contribution in [3.63, 3.8) is 0 Å². The fraction of sp³-hybridized carbons (Fsp3) is 0.333. The van der Waals surface area contributed by atoms with Crippen LogP contribution in [0.3, 0.4) is 0 Å². The molecule has 1 aromatic carbocycles. The third kappa shape index (κ3) is 3.79. The van der Waals surface area contributed by atoms with Crippen LogP contribution in [0.4, 0.5) is 5.82 Å². The predicted octanol–water partition coefficient (Wildman–Crippen LogP) is 1.73. The van der Waals surface area contributed by atoms with Crippen molar-refractivity contribution in [1.82, 2.24) is 19.7 Å². The summed E-state index contributed by atoms with van der Waals surface area (Å²) in [4.78, 5) is 30.6. The summed E-state index contributed by atoms with van der Waals surface area (Å²) in [5.74, 6) is 5.31. The number of carbonyl (C=O) groups is 2. The average molecular weight is 445 g/mol. The lowest BCUT2D eigenvalue weighted by molar-refractivity contribution is -0.137. The Kier molecular flexibility index (Phi) is 5.02. The average Bonchev–Trinajstić information content (AvgIpc) is 3.50. The Morgan fingerprint density at radius 1 is 1.33 bits per heavy atom. The smallest absolute Gasteiger partial charge is 0.359 e. The Morgan fingerprint density at radius 2 is 2.15 bits per heavy atom. The van der Waals surface area contributed by atoms with Crippen LogP contribution in [-0.4, -0.2) is 69.0 Å². The summed E-state index contributed by atoms with van der Waals surface area (Å²) in [6.07, 6.45) is 4.06. The summed E-state index contributed by atoms with van der Waals surface area (Å²) in [6, 6.07) is 9.37. The molecule has 33 heavy (non-hydrogen) atoms. The summed E-state index contributed by atoms with van der Waals surface area (Å²) in [5, 5.41) is 19.1. The van der Waals surface area contributed by atoms with Gasteiger partial charge in [-0.2, -0.15) is 5.10 Å². The SMILES string of the molecule is COC(=O)c1nn(-c2cccc(C#CC3(O)CCN(C)C3=O)c2)c2ccnc(NC3CC3)c12. The molecule has 2 fully saturated rings. The summed E-state index contributed by atoms with van der Waals surface area (Å²) in [5.41, 5.74) is 0.485. The molecule has 1 atom stereocenters. The normalized spacial score (nSPS) is 20.0. The number of hydrogen-bond donors (Lipinski definition) is 2. The number of rotatable bonds is 4. The molecular formula is C24H23N5O4. The van der Waals surface area contributed by atoms with E-state index < -0.39 is 17.5 Å². The largest absolute Gasteiger partial charge is 0.464 e. The molecule has 1 amide bonds. The highest BCUT2D eigenvalue weighted by Gasteiger charge is 2.42. The number of aliphatic hydroxyl groups is 1. The van der Waals surface area contributed by atoms with E-state index in [-0.39, 0.29) is 12.1 Å². The molecule has 5 rings (SSSR count). The van der Waals surface area contributed by atoms with Crippen LogP contribution in [0.2, 0.25) is 0 Å². The first-order valence-electron chi connectivity index (χ1n) is 10.7. The summed E-state index contributed by atoms with van der Waals surface area (Å²) < 4.78 is 6.61. The number of likely N-dealkylation sites (tertiary alicyclic amines) is 1. The molecular weight excluding hydrogens is 422 g/mol. The van der Waals surface area contributed by atoms with Crippen molar-refractivity contribution in [3.05, 3.63) is 47.8 Å². The molecule has 0 radical (unpaired) electrons. The minimum absolute atomic E-state index is 0.175. The first-order valence-corrected chi connectivity index (χ1v) is 10.7. The number of methoxy groups -OCH3 is 1. The fourth-order valence-electron chi connectivity index (χ4n) is 3.89. The van der Waals surface area contributed by atoms with Gasteiger partial charge in [-0.3, -0.25) is 4.79 Å². The maximum absolute atomic E-state index is 12.5. The second-order valence-corrected chi connectivity index (χ2v) is 8.36. The van der Waals surface area contributed by atoms with Crippen molar-refractivity contribution in [2.24, 2.45) is 0 Å². The molecule has 2 N–H and O–H groups in total. The second kappa shape index (κ2) is 7.90. The molecule has 0 bridgehead atoms. The van der Waals surface area contributed by atoms with Gasteiger partial charge in [0.05, 0.1) is 23.7 Å². The Labute approximate surface area is 190 Å². The molecule has 3 heterocycles. The zero-order valence-corrected chi connectivity index (χ0v) is 18.3. The fourth-order valence-corrected chi connectivity index (χ4v) is 3.89. The number of ether oxygens (including phenoxy) is 1. The maximum atomic E-state index is 12.5.